The Kier molecular flexibility index (Phi) is 4.01. The number of carbonyl (C=O) groups is 1. The number of phenolic OH excluding ortho intramolecular Hbond substituents is 1. The molecule has 0 aliphatic carbocycles. The third-order valence-electron chi connectivity index (χ3n) is 4.47. The molecule has 0 spiro atoms. The van der Waals surface area contributed by atoms with E-state index in [2.05, 4.69) is 10.1 Å². The number of thiazole rings is 1. The van der Waals surface area contributed by atoms with Crippen LogP contribution in [0.15, 0.2) is 42.0 Å². The van der Waals surface area contributed by atoms with Crippen molar-refractivity contribution in [3.05, 3.63) is 53.3 Å². The number of hydrogen-bond acceptors (Lipinski definition) is 5. The molecule has 3 heterocycles. The summed E-state index contributed by atoms with van der Waals surface area (Å²) in [6.07, 6.45) is 5.54. The van der Waals surface area contributed by atoms with Crippen molar-refractivity contribution in [3.63, 3.8) is 0 Å². The van der Waals surface area contributed by atoms with Crippen molar-refractivity contribution < 1.29 is 9.90 Å². The van der Waals surface area contributed by atoms with E-state index in [1.807, 2.05) is 35.7 Å². The lowest BCUT2D eigenvalue weighted by molar-refractivity contribution is 0.0730. The SMILES string of the molecule is Cn1cc(-c2nc(C(=O)N3CCC[C@@H]3c3ccc(O)cc3)cs2)cn1. The number of nitrogens with zero attached hydrogens (tertiary/aromatic N) is 4. The Hall–Kier alpha value is -2.67. The lowest BCUT2D eigenvalue weighted by Gasteiger charge is -2.24. The molecule has 0 bridgehead atoms. The van der Waals surface area contributed by atoms with E-state index in [9.17, 15) is 9.90 Å². The van der Waals surface area contributed by atoms with Crippen LogP contribution in [-0.2, 0) is 7.05 Å². The monoisotopic (exact) mass is 354 g/mol. The van der Waals surface area contributed by atoms with Gasteiger partial charge < -0.3 is 10.0 Å². The Labute approximate surface area is 149 Å². The summed E-state index contributed by atoms with van der Waals surface area (Å²) in [6.45, 7) is 0.726. The summed E-state index contributed by atoms with van der Waals surface area (Å²) in [5.41, 5.74) is 2.45. The molecule has 3 aromatic rings. The highest BCUT2D eigenvalue weighted by molar-refractivity contribution is 7.13. The minimum atomic E-state index is -0.0398. The van der Waals surface area contributed by atoms with Crippen LogP contribution in [0.25, 0.3) is 10.6 Å². The van der Waals surface area contributed by atoms with Crippen LogP contribution in [0, 0.1) is 0 Å². The Morgan fingerprint density at radius 1 is 1.32 bits per heavy atom. The number of carbonyl (C=O) groups excluding carboxylic acids is 1. The molecule has 1 atom stereocenters. The van der Waals surface area contributed by atoms with Gasteiger partial charge in [-0.1, -0.05) is 12.1 Å². The van der Waals surface area contributed by atoms with Crippen molar-refractivity contribution in [2.75, 3.05) is 6.54 Å². The molecule has 25 heavy (non-hydrogen) atoms. The van der Waals surface area contributed by atoms with Crippen molar-refractivity contribution in [2.24, 2.45) is 7.05 Å². The highest BCUT2D eigenvalue weighted by atomic mass is 32.1. The van der Waals surface area contributed by atoms with Gasteiger partial charge in [-0.05, 0) is 30.5 Å². The zero-order chi connectivity index (χ0) is 17.4. The summed E-state index contributed by atoms with van der Waals surface area (Å²) in [5, 5.41) is 16.2. The first kappa shape index (κ1) is 15.8. The zero-order valence-electron chi connectivity index (χ0n) is 13.8. The maximum atomic E-state index is 12.9. The van der Waals surface area contributed by atoms with Gasteiger partial charge in [-0.15, -0.1) is 11.3 Å². The zero-order valence-corrected chi connectivity index (χ0v) is 14.6. The number of hydrogen-bond donors (Lipinski definition) is 1. The second-order valence-corrected chi connectivity index (χ2v) is 7.05. The topological polar surface area (TPSA) is 71.2 Å². The van der Waals surface area contributed by atoms with Gasteiger partial charge in [-0.3, -0.25) is 9.48 Å². The Morgan fingerprint density at radius 2 is 2.12 bits per heavy atom. The molecule has 1 aliphatic heterocycles. The molecule has 6 nitrogen and oxygen atoms in total. The molecular weight excluding hydrogens is 336 g/mol. The average Bonchev–Trinajstić information content (AvgIpc) is 3.35. The van der Waals surface area contributed by atoms with Gasteiger partial charge in [0.25, 0.3) is 5.91 Å². The van der Waals surface area contributed by atoms with Crippen molar-refractivity contribution in [3.8, 4) is 16.3 Å². The summed E-state index contributed by atoms with van der Waals surface area (Å²) in [4.78, 5) is 19.3. The van der Waals surface area contributed by atoms with Gasteiger partial charge in [0.15, 0.2) is 0 Å². The van der Waals surface area contributed by atoms with E-state index in [1.165, 1.54) is 11.3 Å². The molecule has 7 heteroatoms. The number of aromatic hydroxyl groups is 1. The largest absolute Gasteiger partial charge is 0.508 e. The molecule has 1 aliphatic rings. The lowest BCUT2D eigenvalue weighted by Crippen LogP contribution is -2.30. The van der Waals surface area contributed by atoms with Crippen LogP contribution in [0.3, 0.4) is 0 Å². The minimum absolute atomic E-state index is 0.0386. The normalized spacial score (nSPS) is 17.2. The molecule has 0 radical (unpaired) electrons. The molecular formula is C18H18N4O2S. The summed E-state index contributed by atoms with van der Waals surface area (Å²) < 4.78 is 1.72. The van der Waals surface area contributed by atoms with Crippen LogP contribution in [0.4, 0.5) is 0 Å². The van der Waals surface area contributed by atoms with E-state index in [4.69, 9.17) is 0 Å². The molecule has 2 aromatic heterocycles. The highest BCUT2D eigenvalue weighted by Gasteiger charge is 2.31. The maximum Gasteiger partial charge on any atom is 0.273 e. The van der Waals surface area contributed by atoms with Crippen LogP contribution in [0.2, 0.25) is 0 Å². The number of phenols is 1. The predicted octanol–water partition coefficient (Wildman–Crippen LogP) is 3.23. The Bertz CT molecular complexity index is 900. The fourth-order valence-electron chi connectivity index (χ4n) is 3.24. The van der Waals surface area contributed by atoms with Gasteiger partial charge in [0, 0.05) is 30.7 Å². The van der Waals surface area contributed by atoms with Crippen LogP contribution in [-0.4, -0.2) is 37.2 Å². The number of aryl methyl sites for hydroxylation is 1. The van der Waals surface area contributed by atoms with Gasteiger partial charge in [0.2, 0.25) is 0 Å². The van der Waals surface area contributed by atoms with Gasteiger partial charge in [0.05, 0.1) is 12.2 Å². The molecule has 1 fully saturated rings. The first-order valence-corrected chi connectivity index (χ1v) is 9.04. The van der Waals surface area contributed by atoms with E-state index in [1.54, 1.807) is 23.0 Å². The smallest absolute Gasteiger partial charge is 0.273 e. The number of amides is 1. The maximum absolute atomic E-state index is 12.9. The van der Waals surface area contributed by atoms with E-state index in [0.29, 0.717) is 5.69 Å². The van der Waals surface area contributed by atoms with E-state index in [-0.39, 0.29) is 17.7 Å². The van der Waals surface area contributed by atoms with Crippen molar-refractivity contribution >= 4 is 17.2 Å². The average molecular weight is 354 g/mol. The van der Waals surface area contributed by atoms with Crippen LogP contribution < -0.4 is 0 Å². The Morgan fingerprint density at radius 3 is 2.84 bits per heavy atom. The van der Waals surface area contributed by atoms with Crippen molar-refractivity contribution in [1.82, 2.24) is 19.7 Å². The first-order valence-electron chi connectivity index (χ1n) is 8.16. The van der Waals surface area contributed by atoms with Gasteiger partial charge in [0.1, 0.15) is 16.5 Å². The van der Waals surface area contributed by atoms with Crippen LogP contribution in [0.5, 0.6) is 5.75 Å². The van der Waals surface area contributed by atoms with Gasteiger partial charge >= 0.3 is 0 Å². The van der Waals surface area contributed by atoms with E-state index < -0.39 is 0 Å². The summed E-state index contributed by atoms with van der Waals surface area (Å²) >= 11 is 1.46. The number of benzene rings is 1. The standard InChI is InChI=1S/C18H18N4O2S/c1-21-10-13(9-19-21)17-20-15(11-25-17)18(24)22-8-2-3-16(22)12-4-6-14(23)7-5-12/h4-7,9-11,16,23H,2-3,8H2,1H3/t16-/m1/s1. The molecule has 4 rings (SSSR count). The summed E-state index contributed by atoms with van der Waals surface area (Å²) in [7, 11) is 1.86. The van der Waals surface area contributed by atoms with Gasteiger partial charge in [-0.2, -0.15) is 5.10 Å². The second kappa shape index (κ2) is 6.33. The third-order valence-corrected chi connectivity index (χ3v) is 5.36. The molecule has 0 saturated carbocycles. The number of aromatic nitrogens is 3. The van der Waals surface area contributed by atoms with Crippen molar-refractivity contribution in [2.45, 2.75) is 18.9 Å². The number of rotatable bonds is 3. The van der Waals surface area contributed by atoms with Crippen LogP contribution >= 0.6 is 11.3 Å². The van der Waals surface area contributed by atoms with Crippen LogP contribution in [0.1, 0.15) is 34.9 Å². The molecule has 1 amide bonds. The summed E-state index contributed by atoms with van der Waals surface area (Å²) in [6, 6.07) is 7.14. The van der Waals surface area contributed by atoms with E-state index >= 15 is 0 Å². The van der Waals surface area contributed by atoms with E-state index in [0.717, 1.165) is 35.5 Å². The Balaban J connectivity index is 1.57. The fraction of sp³-hybridized carbons (Fsp3) is 0.278. The second-order valence-electron chi connectivity index (χ2n) is 6.19. The molecule has 1 saturated heterocycles. The minimum Gasteiger partial charge on any atom is -0.508 e. The molecule has 1 aromatic carbocycles. The predicted molar refractivity (Wildman–Crippen MR) is 95.4 cm³/mol. The summed E-state index contributed by atoms with van der Waals surface area (Å²) in [5.74, 6) is 0.196. The van der Waals surface area contributed by atoms with Crippen molar-refractivity contribution in [1.29, 1.82) is 0 Å². The third kappa shape index (κ3) is 3.02. The first-order chi connectivity index (χ1) is 12.1. The molecule has 0 unspecified atom stereocenters. The number of likely N-dealkylation sites (tertiary alicyclic amines) is 1. The molecule has 1 N–H and O–H groups in total. The lowest BCUT2D eigenvalue weighted by atomic mass is 10.0. The quantitative estimate of drug-likeness (QED) is 0.784. The fourth-order valence-corrected chi connectivity index (χ4v) is 4.01. The highest BCUT2D eigenvalue weighted by Crippen LogP contribution is 2.34. The molecule has 128 valence electrons. The van der Waals surface area contributed by atoms with Gasteiger partial charge in [-0.25, -0.2) is 4.98 Å².